The summed E-state index contributed by atoms with van der Waals surface area (Å²) in [6.45, 7) is 9.28. The van der Waals surface area contributed by atoms with Gasteiger partial charge in [0.15, 0.2) is 0 Å². The van der Waals surface area contributed by atoms with Gasteiger partial charge in [0.1, 0.15) is 12.6 Å². The molecule has 0 unspecified atom stereocenters. The van der Waals surface area contributed by atoms with E-state index in [4.69, 9.17) is 0 Å². The summed E-state index contributed by atoms with van der Waals surface area (Å²) in [5.41, 5.74) is 3.13. The van der Waals surface area contributed by atoms with Gasteiger partial charge in [-0.05, 0) is 63.4 Å². The average Bonchev–Trinajstić information content (AvgIpc) is 2.92. The Kier molecular flexibility index (Phi) is 10.3. The number of aryl methyl sites for hydroxylation is 2. The highest BCUT2D eigenvalue weighted by atomic mass is 32.2. The van der Waals surface area contributed by atoms with Crippen molar-refractivity contribution in [2.24, 2.45) is 0 Å². The normalized spacial score (nSPS) is 12.8. The lowest BCUT2D eigenvalue weighted by atomic mass is 10.1. The molecule has 39 heavy (non-hydrogen) atoms. The minimum atomic E-state index is -4.08. The second-order valence-corrected chi connectivity index (χ2v) is 11.8. The zero-order chi connectivity index (χ0) is 28.6. The Balaban J connectivity index is 2.04. The Labute approximate surface area is 232 Å². The van der Waals surface area contributed by atoms with Gasteiger partial charge in [-0.15, -0.1) is 0 Å². The third kappa shape index (κ3) is 7.69. The minimum Gasteiger partial charge on any atom is -0.352 e. The van der Waals surface area contributed by atoms with Crippen LogP contribution in [0.5, 0.6) is 0 Å². The van der Waals surface area contributed by atoms with Crippen molar-refractivity contribution in [1.82, 2.24) is 10.2 Å². The number of sulfonamides is 1. The van der Waals surface area contributed by atoms with Crippen LogP contribution in [0, 0.1) is 13.8 Å². The van der Waals surface area contributed by atoms with Crippen molar-refractivity contribution < 1.29 is 18.0 Å². The summed E-state index contributed by atoms with van der Waals surface area (Å²) in [7, 11) is -4.08. The molecule has 3 aromatic rings. The number of anilines is 1. The van der Waals surface area contributed by atoms with E-state index in [0.717, 1.165) is 27.4 Å². The number of amides is 2. The van der Waals surface area contributed by atoms with Crippen molar-refractivity contribution >= 4 is 27.5 Å². The molecule has 208 valence electrons. The molecule has 3 aromatic carbocycles. The maximum Gasteiger partial charge on any atom is 0.264 e. The lowest BCUT2D eigenvalue weighted by molar-refractivity contribution is -0.140. The Hall–Kier alpha value is -3.65. The van der Waals surface area contributed by atoms with Gasteiger partial charge in [0.25, 0.3) is 10.0 Å². The van der Waals surface area contributed by atoms with Crippen LogP contribution in [0.1, 0.15) is 50.3 Å². The van der Waals surface area contributed by atoms with Gasteiger partial charge in [-0.25, -0.2) is 8.42 Å². The van der Waals surface area contributed by atoms with Crippen molar-refractivity contribution in [3.8, 4) is 0 Å². The van der Waals surface area contributed by atoms with Gasteiger partial charge >= 0.3 is 0 Å². The van der Waals surface area contributed by atoms with Gasteiger partial charge in [-0.1, -0.05) is 79.6 Å². The number of nitrogens with one attached hydrogen (secondary N) is 1. The maximum atomic E-state index is 14.0. The molecule has 0 aliphatic heterocycles. The molecule has 8 heteroatoms. The van der Waals surface area contributed by atoms with Gasteiger partial charge in [0.05, 0.1) is 10.6 Å². The number of hydrogen-bond acceptors (Lipinski definition) is 4. The van der Waals surface area contributed by atoms with Crippen LogP contribution in [0.3, 0.4) is 0 Å². The van der Waals surface area contributed by atoms with E-state index in [1.54, 1.807) is 36.4 Å². The van der Waals surface area contributed by atoms with Crippen molar-refractivity contribution in [1.29, 1.82) is 0 Å². The first-order valence-electron chi connectivity index (χ1n) is 13.4. The van der Waals surface area contributed by atoms with E-state index in [1.165, 1.54) is 4.90 Å². The van der Waals surface area contributed by atoms with Crippen LogP contribution in [-0.4, -0.2) is 43.8 Å². The molecule has 0 aliphatic carbocycles. The summed E-state index contributed by atoms with van der Waals surface area (Å²) >= 11 is 0. The molecule has 2 atom stereocenters. The highest BCUT2D eigenvalue weighted by Crippen LogP contribution is 2.25. The molecule has 1 N–H and O–H groups in total. The van der Waals surface area contributed by atoms with Gasteiger partial charge in [-0.3, -0.25) is 13.9 Å². The summed E-state index contributed by atoms with van der Waals surface area (Å²) in [5.74, 6) is -0.708. The van der Waals surface area contributed by atoms with Crippen molar-refractivity contribution in [2.45, 2.75) is 71.0 Å². The van der Waals surface area contributed by atoms with E-state index in [9.17, 15) is 18.0 Å². The third-order valence-corrected chi connectivity index (χ3v) is 8.58. The standard InChI is InChI=1S/C31H39N3O4S/c1-6-25(5)32-31(36)29(7-2)33(21-26-11-9-8-10-12-26)30(35)22-34(27-17-13-23(3)14-18-27)39(37,38)28-19-15-24(4)16-20-28/h8-20,25,29H,6-7,21-22H2,1-5H3,(H,32,36)/t25-,29+/m0/s1. The summed E-state index contributed by atoms with van der Waals surface area (Å²) in [6.07, 6.45) is 1.14. The molecule has 0 fully saturated rings. The number of nitrogens with zero attached hydrogens (tertiary/aromatic N) is 2. The minimum absolute atomic E-state index is 0.0498. The SMILES string of the molecule is CC[C@H](C(=O)N[C@@H](C)CC)N(Cc1ccccc1)C(=O)CN(c1ccc(C)cc1)S(=O)(=O)c1ccc(C)cc1. The number of rotatable bonds is 12. The van der Waals surface area contributed by atoms with Crippen LogP contribution in [0.2, 0.25) is 0 Å². The Bertz CT molecular complexity index is 1340. The van der Waals surface area contributed by atoms with Gasteiger partial charge in [0.2, 0.25) is 11.8 Å². The topological polar surface area (TPSA) is 86.8 Å². The summed E-state index contributed by atoms with van der Waals surface area (Å²) in [5, 5.41) is 2.99. The summed E-state index contributed by atoms with van der Waals surface area (Å²) in [6, 6.07) is 22.2. The average molecular weight is 550 g/mol. The van der Waals surface area contributed by atoms with Crippen molar-refractivity contribution in [3.63, 3.8) is 0 Å². The Morgan fingerprint density at radius 3 is 1.92 bits per heavy atom. The Morgan fingerprint density at radius 1 is 0.821 bits per heavy atom. The van der Waals surface area contributed by atoms with Crippen LogP contribution >= 0.6 is 0 Å². The van der Waals surface area contributed by atoms with E-state index >= 15 is 0 Å². The predicted molar refractivity (Wildman–Crippen MR) is 156 cm³/mol. The fraction of sp³-hybridized carbons (Fsp3) is 0.355. The van der Waals surface area contributed by atoms with Crippen LogP contribution < -0.4 is 9.62 Å². The molecule has 0 radical (unpaired) electrons. The highest BCUT2D eigenvalue weighted by Gasteiger charge is 2.33. The quantitative estimate of drug-likeness (QED) is 0.336. The fourth-order valence-electron chi connectivity index (χ4n) is 4.22. The zero-order valence-corrected chi connectivity index (χ0v) is 24.2. The molecule has 0 aromatic heterocycles. The molecule has 0 aliphatic rings. The fourth-order valence-corrected chi connectivity index (χ4v) is 5.63. The largest absolute Gasteiger partial charge is 0.352 e. The van der Waals surface area contributed by atoms with Gasteiger partial charge in [0, 0.05) is 12.6 Å². The first kappa shape index (κ1) is 29.9. The van der Waals surface area contributed by atoms with E-state index < -0.39 is 28.5 Å². The number of hydrogen-bond donors (Lipinski definition) is 1. The van der Waals surface area contributed by atoms with E-state index in [2.05, 4.69) is 5.32 Å². The molecule has 0 saturated carbocycles. The van der Waals surface area contributed by atoms with E-state index in [1.807, 2.05) is 77.1 Å². The molecule has 7 nitrogen and oxygen atoms in total. The molecule has 3 rings (SSSR count). The van der Waals surface area contributed by atoms with Crippen LogP contribution in [-0.2, 0) is 26.2 Å². The number of carbonyl (C=O) groups is 2. The third-order valence-electron chi connectivity index (χ3n) is 6.79. The summed E-state index contributed by atoms with van der Waals surface area (Å²) in [4.78, 5) is 28.9. The van der Waals surface area contributed by atoms with Crippen LogP contribution in [0.15, 0.2) is 83.8 Å². The lowest BCUT2D eigenvalue weighted by Gasteiger charge is -2.33. The summed E-state index contributed by atoms with van der Waals surface area (Å²) < 4.78 is 28.9. The molecule has 0 bridgehead atoms. The monoisotopic (exact) mass is 549 g/mol. The predicted octanol–water partition coefficient (Wildman–Crippen LogP) is 5.22. The second-order valence-electron chi connectivity index (χ2n) is 9.91. The van der Waals surface area contributed by atoms with Gasteiger partial charge < -0.3 is 10.2 Å². The number of carbonyl (C=O) groups excluding carboxylic acids is 2. The maximum absolute atomic E-state index is 14.0. The van der Waals surface area contributed by atoms with Crippen LogP contribution in [0.25, 0.3) is 0 Å². The lowest BCUT2D eigenvalue weighted by Crippen LogP contribution is -2.53. The molecule has 2 amide bonds. The molecule has 0 saturated heterocycles. The number of benzene rings is 3. The molecule has 0 heterocycles. The van der Waals surface area contributed by atoms with E-state index in [0.29, 0.717) is 12.1 Å². The van der Waals surface area contributed by atoms with Crippen LogP contribution in [0.4, 0.5) is 5.69 Å². The zero-order valence-electron chi connectivity index (χ0n) is 23.4. The second kappa shape index (κ2) is 13.4. The molecular weight excluding hydrogens is 510 g/mol. The van der Waals surface area contributed by atoms with Gasteiger partial charge in [-0.2, -0.15) is 0 Å². The van der Waals surface area contributed by atoms with Crippen molar-refractivity contribution in [2.75, 3.05) is 10.8 Å². The molecular formula is C31H39N3O4S. The highest BCUT2D eigenvalue weighted by molar-refractivity contribution is 7.92. The van der Waals surface area contributed by atoms with E-state index in [-0.39, 0.29) is 23.4 Å². The Morgan fingerprint density at radius 2 is 1.38 bits per heavy atom. The first-order chi connectivity index (χ1) is 18.6. The van der Waals surface area contributed by atoms with Crippen molar-refractivity contribution in [3.05, 3.63) is 95.6 Å². The smallest absolute Gasteiger partial charge is 0.264 e. The molecule has 0 spiro atoms. The first-order valence-corrected chi connectivity index (χ1v) is 14.8.